The Bertz CT molecular complexity index is 1740. The van der Waals surface area contributed by atoms with Gasteiger partial charge in [0.05, 0.1) is 16.7 Å². The van der Waals surface area contributed by atoms with Crippen LogP contribution in [0.1, 0.15) is 44.2 Å². The highest BCUT2D eigenvalue weighted by atomic mass is 32.2. The van der Waals surface area contributed by atoms with Crippen LogP contribution < -0.4 is 0 Å². The number of carbonyl (C=O) groups excluding carboxylic acids is 1. The molecular weight excluding hydrogens is 527 g/mol. The fraction of sp³-hybridized carbons (Fsp3) is 0.393. The van der Waals surface area contributed by atoms with E-state index in [-0.39, 0.29) is 32.0 Å². The normalized spacial score (nSPS) is 27.4. The maximum absolute atomic E-state index is 14.2. The van der Waals surface area contributed by atoms with E-state index in [0.717, 1.165) is 28.8 Å². The van der Waals surface area contributed by atoms with Crippen molar-refractivity contribution in [2.75, 3.05) is 5.75 Å². The van der Waals surface area contributed by atoms with Crippen LogP contribution in [0.3, 0.4) is 0 Å². The summed E-state index contributed by atoms with van der Waals surface area (Å²) in [5.74, 6) is -0.978. The molecule has 2 aliphatic carbocycles. The molecule has 1 spiro atoms. The number of rotatable bonds is 4. The third-order valence-electron chi connectivity index (χ3n) is 9.39. The molecule has 6 rings (SSSR count). The average Bonchev–Trinajstić information content (AvgIpc) is 3.47. The number of H-pyrrole nitrogens is 1. The molecule has 3 unspecified atom stereocenters. The highest BCUT2D eigenvalue weighted by molar-refractivity contribution is 7.91. The lowest BCUT2D eigenvalue weighted by Crippen LogP contribution is -2.43. The van der Waals surface area contributed by atoms with E-state index in [0.29, 0.717) is 17.9 Å². The van der Waals surface area contributed by atoms with Crippen molar-refractivity contribution < 1.29 is 26.0 Å². The fourth-order valence-corrected chi connectivity index (χ4v) is 11.1. The van der Waals surface area contributed by atoms with E-state index in [4.69, 9.17) is 0 Å². The Morgan fingerprint density at radius 3 is 2.55 bits per heavy atom. The van der Waals surface area contributed by atoms with Gasteiger partial charge in [0, 0.05) is 28.0 Å². The van der Waals surface area contributed by atoms with Gasteiger partial charge in [-0.2, -0.15) is 0 Å². The fourth-order valence-electron chi connectivity index (χ4n) is 7.18. The summed E-state index contributed by atoms with van der Waals surface area (Å²) in [6.07, 6.45) is 4.76. The smallest absolute Gasteiger partial charge is 0.260 e. The summed E-state index contributed by atoms with van der Waals surface area (Å²) in [4.78, 5) is 16.4. The second-order valence-electron chi connectivity index (χ2n) is 11.5. The summed E-state index contributed by atoms with van der Waals surface area (Å²) >= 11 is 0. The minimum Gasteiger partial charge on any atom is -0.345 e. The van der Waals surface area contributed by atoms with Gasteiger partial charge in [0.1, 0.15) is 10.8 Å². The number of sulfone groups is 1. The van der Waals surface area contributed by atoms with E-state index in [1.165, 1.54) is 36.4 Å². The Morgan fingerprint density at radius 1 is 1.16 bits per heavy atom. The Balaban J connectivity index is 1.43. The van der Waals surface area contributed by atoms with Crippen LogP contribution in [0.5, 0.6) is 0 Å². The zero-order valence-corrected chi connectivity index (χ0v) is 23.0. The number of halogens is 1. The third-order valence-corrected chi connectivity index (χ3v) is 13.1. The number of sulfonamides is 1. The number of carbonyl (C=O) groups is 1. The number of aromatic nitrogens is 1. The SMILES string of the molecule is Cc1ccc(S(=O)(=O)c2[nH]c3ccc(F)cc3c2/C=C/C(=O)N2C3CC4CCC3(CS2(=O)=O)C4(C)C)cc1. The maximum atomic E-state index is 14.2. The lowest BCUT2D eigenvalue weighted by atomic mass is 9.69. The van der Waals surface area contributed by atoms with Crippen molar-refractivity contribution in [3.63, 3.8) is 0 Å². The summed E-state index contributed by atoms with van der Waals surface area (Å²) in [5, 5.41) is 0.0920. The van der Waals surface area contributed by atoms with Gasteiger partial charge in [0.15, 0.2) is 0 Å². The van der Waals surface area contributed by atoms with Crippen molar-refractivity contribution in [2.24, 2.45) is 16.7 Å². The number of benzene rings is 2. The van der Waals surface area contributed by atoms with Crippen LogP contribution in [0.2, 0.25) is 0 Å². The molecule has 2 bridgehead atoms. The van der Waals surface area contributed by atoms with Crippen molar-refractivity contribution in [1.82, 2.24) is 9.29 Å². The van der Waals surface area contributed by atoms with Gasteiger partial charge >= 0.3 is 0 Å². The topological polar surface area (TPSA) is 104 Å². The van der Waals surface area contributed by atoms with Gasteiger partial charge in [-0.15, -0.1) is 0 Å². The first kappa shape index (κ1) is 25.3. The van der Waals surface area contributed by atoms with E-state index in [1.54, 1.807) is 12.1 Å². The van der Waals surface area contributed by atoms with E-state index in [2.05, 4.69) is 18.8 Å². The van der Waals surface area contributed by atoms with Crippen LogP contribution in [0.4, 0.5) is 4.39 Å². The van der Waals surface area contributed by atoms with Gasteiger partial charge in [-0.1, -0.05) is 31.5 Å². The maximum Gasteiger partial charge on any atom is 0.260 e. The molecule has 0 radical (unpaired) electrons. The molecular formula is C28H29FN2O5S2. The quantitative estimate of drug-likeness (QED) is 0.464. The average molecular weight is 557 g/mol. The zero-order valence-electron chi connectivity index (χ0n) is 21.4. The van der Waals surface area contributed by atoms with Gasteiger partial charge in [-0.25, -0.2) is 25.5 Å². The summed E-state index contributed by atoms with van der Waals surface area (Å²) in [5.41, 5.74) is 0.721. The molecule has 1 amide bonds. The summed E-state index contributed by atoms with van der Waals surface area (Å²) in [7, 11) is -7.90. The number of nitrogens with zero attached hydrogens (tertiary/aromatic N) is 1. The molecule has 3 aliphatic rings. The van der Waals surface area contributed by atoms with E-state index in [1.807, 2.05) is 6.92 Å². The molecule has 1 aliphatic heterocycles. The van der Waals surface area contributed by atoms with Crippen molar-refractivity contribution in [1.29, 1.82) is 0 Å². The minimum absolute atomic E-state index is 0.0457. The molecule has 3 fully saturated rings. The summed E-state index contributed by atoms with van der Waals surface area (Å²) in [6.45, 7) is 6.05. The lowest BCUT2D eigenvalue weighted by Gasteiger charge is -2.36. The number of hydrogen-bond donors (Lipinski definition) is 1. The Labute approximate surface area is 221 Å². The molecule has 3 atom stereocenters. The first-order valence-electron chi connectivity index (χ1n) is 12.7. The number of hydrogen-bond acceptors (Lipinski definition) is 5. The second kappa shape index (κ2) is 8.02. The minimum atomic E-state index is -4.06. The highest BCUT2D eigenvalue weighted by Crippen LogP contribution is 2.70. The first-order valence-corrected chi connectivity index (χ1v) is 15.7. The van der Waals surface area contributed by atoms with Gasteiger partial charge < -0.3 is 4.98 Å². The third kappa shape index (κ3) is 3.38. The molecule has 7 nitrogen and oxygen atoms in total. The molecule has 10 heteroatoms. The molecule has 200 valence electrons. The van der Waals surface area contributed by atoms with E-state index >= 15 is 0 Å². The Kier molecular flexibility index (Phi) is 5.34. The molecule has 1 aromatic heterocycles. The Morgan fingerprint density at radius 2 is 1.87 bits per heavy atom. The van der Waals surface area contributed by atoms with Gasteiger partial charge in [-0.3, -0.25) is 4.79 Å². The van der Waals surface area contributed by atoms with Gasteiger partial charge in [-0.05, 0) is 73.9 Å². The van der Waals surface area contributed by atoms with E-state index in [9.17, 15) is 26.0 Å². The number of fused-ring (bicyclic) bond motifs is 2. The summed E-state index contributed by atoms with van der Waals surface area (Å²) in [6, 6.07) is 9.78. The van der Waals surface area contributed by atoms with Crippen LogP contribution in [0, 0.1) is 29.5 Å². The van der Waals surface area contributed by atoms with Crippen LogP contribution in [-0.2, 0) is 24.7 Å². The number of aromatic amines is 1. The van der Waals surface area contributed by atoms with Crippen LogP contribution in [0.25, 0.3) is 17.0 Å². The molecule has 2 aromatic carbocycles. The standard InChI is InChI=1S/C28H29FN2O5S2/c1-17-4-7-20(8-5-17)38(35,36)26-21(22-15-19(29)6-10-23(22)30-26)9-11-25(32)31-24-14-18-12-13-28(24,27(18,2)3)16-37(31,33)34/h4-11,15,18,24,30H,12-14,16H2,1-3H3/b11-9+. The molecule has 38 heavy (non-hydrogen) atoms. The molecule has 1 N–H and O–H groups in total. The number of aryl methyl sites for hydroxylation is 1. The van der Waals surface area contributed by atoms with Crippen molar-refractivity contribution in [3.8, 4) is 0 Å². The second-order valence-corrected chi connectivity index (χ2v) is 15.2. The molecule has 2 saturated carbocycles. The summed E-state index contributed by atoms with van der Waals surface area (Å²) < 4.78 is 68.9. The zero-order chi connectivity index (χ0) is 27.3. The van der Waals surface area contributed by atoms with Gasteiger partial charge in [0.2, 0.25) is 19.9 Å². The molecule has 2 heterocycles. The molecule has 1 saturated heterocycles. The monoisotopic (exact) mass is 556 g/mol. The number of nitrogens with one attached hydrogen (secondary N) is 1. The predicted octanol–water partition coefficient (Wildman–Crippen LogP) is 4.83. The van der Waals surface area contributed by atoms with Crippen molar-refractivity contribution in [2.45, 2.75) is 56.0 Å². The largest absolute Gasteiger partial charge is 0.345 e. The number of amides is 1. The van der Waals surface area contributed by atoms with E-state index < -0.39 is 43.0 Å². The lowest BCUT2D eigenvalue weighted by molar-refractivity contribution is -0.123. The van der Waals surface area contributed by atoms with Crippen molar-refractivity contribution in [3.05, 3.63) is 65.5 Å². The predicted molar refractivity (Wildman–Crippen MR) is 142 cm³/mol. The van der Waals surface area contributed by atoms with Crippen LogP contribution >= 0.6 is 0 Å². The Hall–Kier alpha value is -2.98. The molecule has 3 aromatic rings. The van der Waals surface area contributed by atoms with Crippen LogP contribution in [-0.4, -0.2) is 43.8 Å². The first-order chi connectivity index (χ1) is 17.8. The van der Waals surface area contributed by atoms with Crippen molar-refractivity contribution >= 4 is 42.7 Å². The highest BCUT2D eigenvalue weighted by Gasteiger charge is 2.72. The van der Waals surface area contributed by atoms with Gasteiger partial charge in [0.25, 0.3) is 5.91 Å². The van der Waals surface area contributed by atoms with Crippen LogP contribution in [0.15, 0.2) is 58.5 Å².